The van der Waals surface area contributed by atoms with Crippen molar-refractivity contribution in [3.05, 3.63) is 35.9 Å². The van der Waals surface area contributed by atoms with Crippen molar-refractivity contribution >= 4 is 24.7 Å². The Balaban J connectivity index is 2.75. The molecule has 128 valence electrons. The van der Waals surface area contributed by atoms with Crippen molar-refractivity contribution < 1.29 is 19.1 Å². The number of esters is 1. The SMILES string of the molecule is CC(C)[C@](S)(NC(=O)OC(C)(C)C)C(=O)OCc1ccccc1. The molecule has 0 fully saturated rings. The molecule has 0 radical (unpaired) electrons. The third-order valence-electron chi connectivity index (χ3n) is 3.05. The molecule has 23 heavy (non-hydrogen) atoms. The van der Waals surface area contributed by atoms with Crippen LogP contribution in [-0.4, -0.2) is 22.5 Å². The van der Waals surface area contributed by atoms with Gasteiger partial charge in [-0.25, -0.2) is 9.59 Å². The molecule has 6 heteroatoms. The van der Waals surface area contributed by atoms with E-state index in [-0.39, 0.29) is 12.5 Å². The molecule has 1 amide bonds. The normalized spacial score (nSPS) is 14.0. The third-order valence-corrected chi connectivity index (χ3v) is 3.86. The van der Waals surface area contributed by atoms with Gasteiger partial charge in [-0.15, -0.1) is 12.6 Å². The molecule has 1 N–H and O–H groups in total. The molecule has 1 aromatic rings. The van der Waals surface area contributed by atoms with Gasteiger partial charge in [-0.2, -0.15) is 0 Å². The highest BCUT2D eigenvalue weighted by Crippen LogP contribution is 2.25. The van der Waals surface area contributed by atoms with Crippen molar-refractivity contribution in [1.29, 1.82) is 0 Å². The Morgan fingerprint density at radius 1 is 1.17 bits per heavy atom. The number of amides is 1. The number of alkyl carbamates (subject to hydrolysis) is 1. The van der Waals surface area contributed by atoms with Gasteiger partial charge in [0.2, 0.25) is 0 Å². The van der Waals surface area contributed by atoms with Crippen LogP contribution < -0.4 is 5.32 Å². The molecule has 1 rings (SSSR count). The number of hydrogen-bond donors (Lipinski definition) is 2. The Morgan fingerprint density at radius 2 is 1.74 bits per heavy atom. The van der Waals surface area contributed by atoms with E-state index in [4.69, 9.17) is 9.47 Å². The summed E-state index contributed by atoms with van der Waals surface area (Å²) in [5, 5.41) is 2.51. The summed E-state index contributed by atoms with van der Waals surface area (Å²) in [6.45, 7) is 8.90. The summed E-state index contributed by atoms with van der Waals surface area (Å²) in [6, 6.07) is 9.30. The van der Waals surface area contributed by atoms with Crippen molar-refractivity contribution in [3.63, 3.8) is 0 Å². The van der Waals surface area contributed by atoms with Crippen LogP contribution in [-0.2, 0) is 20.9 Å². The maximum absolute atomic E-state index is 12.4. The van der Waals surface area contributed by atoms with Gasteiger partial charge in [0.1, 0.15) is 12.2 Å². The lowest BCUT2D eigenvalue weighted by Crippen LogP contribution is -2.55. The van der Waals surface area contributed by atoms with Crippen LogP contribution in [0.15, 0.2) is 30.3 Å². The predicted octanol–water partition coefficient (Wildman–Crippen LogP) is 3.54. The summed E-state index contributed by atoms with van der Waals surface area (Å²) < 4.78 is 10.5. The lowest BCUT2D eigenvalue weighted by Gasteiger charge is -2.32. The lowest BCUT2D eigenvalue weighted by atomic mass is 10.0. The van der Waals surface area contributed by atoms with Crippen LogP contribution in [0.1, 0.15) is 40.2 Å². The number of carbonyl (C=O) groups excluding carboxylic acids is 2. The molecule has 0 spiro atoms. The Kier molecular flexibility index (Phi) is 6.50. The second-order valence-electron chi connectivity index (χ2n) is 6.61. The first kappa shape index (κ1) is 19.4. The number of hydrogen-bond acceptors (Lipinski definition) is 5. The molecule has 0 aliphatic carbocycles. The van der Waals surface area contributed by atoms with E-state index in [0.717, 1.165) is 5.56 Å². The lowest BCUT2D eigenvalue weighted by molar-refractivity contribution is -0.150. The average Bonchev–Trinajstić information content (AvgIpc) is 2.43. The zero-order valence-corrected chi connectivity index (χ0v) is 15.1. The smallest absolute Gasteiger partial charge is 0.409 e. The second kappa shape index (κ2) is 7.73. The molecule has 1 atom stereocenters. The monoisotopic (exact) mass is 339 g/mol. The quantitative estimate of drug-likeness (QED) is 0.489. The molecular formula is C17H25NO4S. The van der Waals surface area contributed by atoms with Crippen molar-refractivity contribution in [1.82, 2.24) is 5.32 Å². The molecule has 0 aliphatic rings. The first-order valence-electron chi connectivity index (χ1n) is 7.49. The van der Waals surface area contributed by atoms with Crippen molar-refractivity contribution in [3.8, 4) is 0 Å². The Morgan fingerprint density at radius 3 is 2.22 bits per heavy atom. The van der Waals surface area contributed by atoms with Gasteiger partial charge in [0.25, 0.3) is 0 Å². The van der Waals surface area contributed by atoms with E-state index < -0.39 is 22.5 Å². The van der Waals surface area contributed by atoms with Gasteiger partial charge in [0.05, 0.1) is 0 Å². The number of rotatable bonds is 5. The molecular weight excluding hydrogens is 314 g/mol. The first-order valence-corrected chi connectivity index (χ1v) is 7.94. The average molecular weight is 339 g/mol. The van der Waals surface area contributed by atoms with Crippen LogP contribution in [0.4, 0.5) is 4.79 Å². The fourth-order valence-electron chi connectivity index (χ4n) is 1.72. The Labute approximate surface area is 143 Å². The topological polar surface area (TPSA) is 64.6 Å². The summed E-state index contributed by atoms with van der Waals surface area (Å²) >= 11 is 4.36. The highest BCUT2D eigenvalue weighted by Gasteiger charge is 2.42. The van der Waals surface area contributed by atoms with Gasteiger partial charge in [0, 0.05) is 0 Å². The van der Waals surface area contributed by atoms with Crippen molar-refractivity contribution in [2.75, 3.05) is 0 Å². The molecule has 0 saturated carbocycles. The van der Waals surface area contributed by atoms with Gasteiger partial charge < -0.3 is 9.47 Å². The van der Waals surface area contributed by atoms with E-state index >= 15 is 0 Å². The minimum atomic E-state index is -1.46. The fraction of sp³-hybridized carbons (Fsp3) is 0.529. The largest absolute Gasteiger partial charge is 0.458 e. The van der Waals surface area contributed by atoms with Gasteiger partial charge in [-0.05, 0) is 32.3 Å². The number of thiol groups is 1. The van der Waals surface area contributed by atoms with Crippen LogP contribution in [0.25, 0.3) is 0 Å². The van der Waals surface area contributed by atoms with Gasteiger partial charge in [-0.1, -0.05) is 44.2 Å². The van der Waals surface area contributed by atoms with E-state index in [1.807, 2.05) is 30.3 Å². The van der Waals surface area contributed by atoms with Crippen LogP contribution >= 0.6 is 12.6 Å². The summed E-state index contributed by atoms with van der Waals surface area (Å²) in [5.41, 5.74) is 0.196. The maximum atomic E-state index is 12.4. The highest BCUT2D eigenvalue weighted by atomic mass is 32.1. The Bertz CT molecular complexity index is 539. The first-order chi connectivity index (χ1) is 10.5. The minimum absolute atomic E-state index is 0.116. The van der Waals surface area contributed by atoms with E-state index in [0.29, 0.717) is 0 Å². The summed E-state index contributed by atoms with van der Waals surface area (Å²) in [6.07, 6.45) is -0.710. The molecule has 1 aromatic carbocycles. The second-order valence-corrected chi connectivity index (χ2v) is 7.32. The van der Waals surface area contributed by atoms with E-state index in [9.17, 15) is 9.59 Å². The molecule has 0 heterocycles. The number of ether oxygens (including phenoxy) is 2. The number of nitrogens with one attached hydrogen (secondary N) is 1. The standard InChI is InChI=1S/C17H25NO4S/c1-12(2)17(23,18-15(20)22-16(3,4)5)14(19)21-11-13-9-7-6-8-10-13/h6-10,12,23H,11H2,1-5H3,(H,18,20)/t17-/m1/s1. The van der Waals surface area contributed by atoms with E-state index in [1.54, 1.807) is 34.6 Å². The van der Waals surface area contributed by atoms with E-state index in [2.05, 4.69) is 17.9 Å². The van der Waals surface area contributed by atoms with Gasteiger partial charge in [0.15, 0.2) is 4.87 Å². The molecule has 5 nitrogen and oxygen atoms in total. The molecule has 0 bridgehead atoms. The van der Waals surface area contributed by atoms with Crippen molar-refractivity contribution in [2.24, 2.45) is 5.92 Å². The van der Waals surface area contributed by atoms with Crippen LogP contribution in [0.2, 0.25) is 0 Å². The maximum Gasteiger partial charge on any atom is 0.409 e. The molecule has 0 saturated heterocycles. The minimum Gasteiger partial charge on any atom is -0.458 e. The van der Waals surface area contributed by atoms with Gasteiger partial charge in [-0.3, -0.25) is 5.32 Å². The van der Waals surface area contributed by atoms with Crippen LogP contribution in [0.5, 0.6) is 0 Å². The molecule has 0 aromatic heterocycles. The summed E-state index contributed by atoms with van der Waals surface area (Å²) in [4.78, 5) is 22.9. The van der Waals surface area contributed by atoms with E-state index in [1.165, 1.54) is 0 Å². The molecule has 0 aliphatic heterocycles. The third kappa shape index (κ3) is 6.14. The van der Waals surface area contributed by atoms with Crippen LogP contribution in [0, 0.1) is 5.92 Å². The Hall–Kier alpha value is -1.69. The summed E-state index contributed by atoms with van der Waals surface area (Å²) in [7, 11) is 0. The molecule has 0 unspecified atom stereocenters. The highest BCUT2D eigenvalue weighted by molar-refractivity contribution is 7.82. The zero-order chi connectivity index (χ0) is 17.7. The van der Waals surface area contributed by atoms with Crippen LogP contribution in [0.3, 0.4) is 0 Å². The number of benzene rings is 1. The predicted molar refractivity (Wildman–Crippen MR) is 92.2 cm³/mol. The zero-order valence-electron chi connectivity index (χ0n) is 14.3. The summed E-state index contributed by atoms with van der Waals surface area (Å²) in [5.74, 6) is -0.910. The van der Waals surface area contributed by atoms with Gasteiger partial charge >= 0.3 is 12.1 Å². The number of carbonyl (C=O) groups is 2. The fourth-order valence-corrected chi connectivity index (χ4v) is 1.88. The van der Waals surface area contributed by atoms with Crippen molar-refractivity contribution in [2.45, 2.75) is 51.7 Å².